The molecule has 2 aromatic carbocycles. The summed E-state index contributed by atoms with van der Waals surface area (Å²) < 4.78 is 44.7. The Kier molecular flexibility index (Phi) is 7.00. The molecule has 0 bridgehead atoms. The lowest BCUT2D eigenvalue weighted by Gasteiger charge is -2.32. The average Bonchev–Trinajstić information content (AvgIpc) is 2.90. The van der Waals surface area contributed by atoms with Crippen LogP contribution in [0.4, 0.5) is 5.69 Å². The number of sulfonamides is 1. The summed E-state index contributed by atoms with van der Waals surface area (Å²) in [4.78, 5) is 27.1. The summed E-state index contributed by atoms with van der Waals surface area (Å²) in [7, 11) is -3.73. The normalized spacial score (nSPS) is 19.1. The Morgan fingerprint density at radius 3 is 2.49 bits per heavy atom. The summed E-state index contributed by atoms with van der Waals surface area (Å²) in [5.41, 5.74) is 1.10. The second kappa shape index (κ2) is 10.2. The Labute approximate surface area is 216 Å². The van der Waals surface area contributed by atoms with Crippen LogP contribution in [-0.4, -0.2) is 64.0 Å². The van der Waals surface area contributed by atoms with E-state index in [2.05, 4.69) is 12.2 Å². The molecule has 198 valence electrons. The fourth-order valence-corrected chi connectivity index (χ4v) is 6.22. The zero-order valence-corrected chi connectivity index (χ0v) is 21.8. The van der Waals surface area contributed by atoms with Crippen LogP contribution in [0.15, 0.2) is 41.3 Å². The number of carbonyl (C=O) groups excluding carboxylic acids is 2. The van der Waals surface area contributed by atoms with Gasteiger partial charge in [0.2, 0.25) is 15.9 Å². The van der Waals surface area contributed by atoms with E-state index in [9.17, 15) is 18.0 Å². The first kappa shape index (κ1) is 25.3. The minimum absolute atomic E-state index is 0.0779. The van der Waals surface area contributed by atoms with E-state index in [0.717, 1.165) is 18.4 Å². The highest BCUT2D eigenvalue weighted by molar-refractivity contribution is 7.89. The predicted molar refractivity (Wildman–Crippen MR) is 135 cm³/mol. The number of nitrogens with one attached hydrogen (secondary N) is 1. The van der Waals surface area contributed by atoms with Crippen LogP contribution in [0.3, 0.4) is 0 Å². The van der Waals surface area contributed by atoms with Crippen molar-refractivity contribution >= 4 is 27.5 Å². The Bertz CT molecular complexity index is 1310. The maximum atomic E-state index is 13.3. The Morgan fingerprint density at radius 1 is 1.03 bits per heavy atom. The molecule has 5 rings (SSSR count). The molecule has 2 aromatic rings. The van der Waals surface area contributed by atoms with Crippen LogP contribution in [0.25, 0.3) is 0 Å². The number of rotatable bonds is 6. The van der Waals surface area contributed by atoms with Gasteiger partial charge in [-0.25, -0.2) is 8.42 Å². The first-order chi connectivity index (χ1) is 17.7. The molecule has 3 aliphatic rings. The lowest BCUT2D eigenvalue weighted by Crippen LogP contribution is -2.45. The van der Waals surface area contributed by atoms with Gasteiger partial charge in [-0.2, -0.15) is 4.31 Å². The zero-order valence-electron chi connectivity index (χ0n) is 20.9. The molecule has 0 radical (unpaired) electrons. The summed E-state index contributed by atoms with van der Waals surface area (Å²) in [5.74, 6) is 1.32. The van der Waals surface area contributed by atoms with Gasteiger partial charge in [0.05, 0.1) is 16.6 Å². The maximum absolute atomic E-state index is 13.3. The van der Waals surface area contributed by atoms with E-state index in [1.165, 1.54) is 21.3 Å². The van der Waals surface area contributed by atoms with Gasteiger partial charge in [-0.05, 0) is 61.6 Å². The number of hydrogen-bond acceptors (Lipinski definition) is 7. The van der Waals surface area contributed by atoms with E-state index >= 15 is 0 Å². The van der Waals surface area contributed by atoms with Crippen molar-refractivity contribution in [1.82, 2.24) is 9.62 Å². The molecule has 1 saturated heterocycles. The number of nitrogens with zero attached hydrogens (tertiary/aromatic N) is 2. The monoisotopic (exact) mass is 529 g/mol. The quantitative estimate of drug-likeness (QED) is 0.612. The smallest absolute Gasteiger partial charge is 0.265 e. The molecule has 0 aromatic heterocycles. The summed E-state index contributed by atoms with van der Waals surface area (Å²) in [5, 5.41) is 2.91. The van der Waals surface area contributed by atoms with Gasteiger partial charge in [0.1, 0.15) is 25.5 Å². The summed E-state index contributed by atoms with van der Waals surface area (Å²) >= 11 is 0. The van der Waals surface area contributed by atoms with Crippen LogP contribution in [0, 0.1) is 5.92 Å². The van der Waals surface area contributed by atoms with Crippen molar-refractivity contribution in [1.29, 1.82) is 0 Å². The first-order valence-electron chi connectivity index (χ1n) is 12.5. The van der Waals surface area contributed by atoms with Crippen LogP contribution in [0.5, 0.6) is 17.2 Å². The minimum Gasteiger partial charge on any atom is -0.486 e. The SMILES string of the molecule is CC1CCN(S(=O)(=O)c2ccc3c(c2)N(CC(=O)N[C@H](C)c2ccc4c(c2)OCCO4)C(=O)CO3)CC1. The molecule has 0 aliphatic carbocycles. The van der Waals surface area contributed by atoms with Gasteiger partial charge in [0, 0.05) is 13.1 Å². The van der Waals surface area contributed by atoms with Gasteiger partial charge < -0.3 is 19.5 Å². The van der Waals surface area contributed by atoms with E-state index in [1.807, 2.05) is 19.1 Å². The average molecular weight is 530 g/mol. The molecule has 11 heteroatoms. The molecule has 1 atom stereocenters. The topological polar surface area (TPSA) is 114 Å². The van der Waals surface area contributed by atoms with Gasteiger partial charge in [-0.15, -0.1) is 0 Å². The highest BCUT2D eigenvalue weighted by Crippen LogP contribution is 2.36. The third-order valence-corrected chi connectivity index (χ3v) is 8.89. The Balaban J connectivity index is 1.32. The van der Waals surface area contributed by atoms with Gasteiger partial charge in [0.25, 0.3) is 5.91 Å². The van der Waals surface area contributed by atoms with Crippen molar-refractivity contribution < 1.29 is 32.2 Å². The lowest BCUT2D eigenvalue weighted by atomic mass is 10.0. The third kappa shape index (κ3) is 5.24. The molecule has 0 unspecified atom stereocenters. The van der Waals surface area contributed by atoms with Gasteiger partial charge in [-0.1, -0.05) is 13.0 Å². The fourth-order valence-electron chi connectivity index (χ4n) is 4.73. The summed E-state index contributed by atoms with van der Waals surface area (Å²) in [6.07, 6.45) is 1.61. The van der Waals surface area contributed by atoms with Gasteiger partial charge in [-0.3, -0.25) is 14.5 Å². The zero-order chi connectivity index (χ0) is 26.2. The van der Waals surface area contributed by atoms with Crippen LogP contribution in [0.2, 0.25) is 0 Å². The van der Waals surface area contributed by atoms with Crippen molar-refractivity contribution in [3.05, 3.63) is 42.0 Å². The number of benzene rings is 2. The number of hydrogen-bond donors (Lipinski definition) is 1. The molecule has 37 heavy (non-hydrogen) atoms. The molecule has 0 saturated carbocycles. The van der Waals surface area contributed by atoms with Crippen molar-refractivity contribution in [3.8, 4) is 17.2 Å². The van der Waals surface area contributed by atoms with E-state index in [-0.39, 0.29) is 35.7 Å². The molecule has 1 fully saturated rings. The highest BCUT2D eigenvalue weighted by Gasteiger charge is 2.32. The number of carbonyl (C=O) groups is 2. The van der Waals surface area contributed by atoms with E-state index in [1.54, 1.807) is 12.1 Å². The molecule has 0 spiro atoms. The second-order valence-electron chi connectivity index (χ2n) is 9.68. The number of fused-ring (bicyclic) bond motifs is 2. The van der Waals surface area contributed by atoms with Crippen LogP contribution < -0.4 is 24.4 Å². The standard InChI is InChI=1S/C26H31N3O7S/c1-17-7-9-28(10-8-17)37(32,33)20-4-6-22-21(14-20)29(26(31)16-36-22)15-25(30)27-18(2)19-3-5-23-24(13-19)35-12-11-34-23/h3-6,13-14,17-18H,7-12,15-16H2,1-2H3,(H,27,30)/t18-/m1/s1. The van der Waals surface area contributed by atoms with Crippen LogP contribution >= 0.6 is 0 Å². The Hall–Kier alpha value is -3.31. The van der Waals surface area contributed by atoms with E-state index in [0.29, 0.717) is 49.5 Å². The summed E-state index contributed by atoms with van der Waals surface area (Å²) in [6, 6.07) is 9.59. The fraction of sp³-hybridized carbons (Fsp3) is 0.462. The molecule has 2 amide bonds. The van der Waals surface area contributed by atoms with E-state index in [4.69, 9.17) is 14.2 Å². The molecular weight excluding hydrogens is 498 g/mol. The largest absolute Gasteiger partial charge is 0.486 e. The number of anilines is 1. The lowest BCUT2D eigenvalue weighted by molar-refractivity contribution is -0.125. The van der Waals surface area contributed by atoms with Gasteiger partial charge >= 0.3 is 0 Å². The molecule has 3 aliphatic heterocycles. The van der Waals surface area contributed by atoms with Crippen LogP contribution in [0.1, 0.15) is 38.3 Å². The van der Waals surface area contributed by atoms with E-state index < -0.39 is 15.9 Å². The van der Waals surface area contributed by atoms with Crippen molar-refractivity contribution in [3.63, 3.8) is 0 Å². The number of ether oxygens (including phenoxy) is 3. The van der Waals surface area contributed by atoms with Gasteiger partial charge in [0.15, 0.2) is 18.1 Å². The molecular formula is C26H31N3O7S. The molecule has 10 nitrogen and oxygen atoms in total. The second-order valence-corrected chi connectivity index (χ2v) is 11.6. The number of piperidine rings is 1. The Morgan fingerprint density at radius 2 is 1.73 bits per heavy atom. The molecule has 3 heterocycles. The predicted octanol–water partition coefficient (Wildman–Crippen LogP) is 2.48. The minimum atomic E-state index is -3.73. The summed E-state index contributed by atoms with van der Waals surface area (Å²) in [6.45, 7) is 5.33. The first-order valence-corrected chi connectivity index (χ1v) is 13.9. The van der Waals surface area contributed by atoms with Crippen LogP contribution in [-0.2, 0) is 19.6 Å². The highest BCUT2D eigenvalue weighted by atomic mass is 32.2. The van der Waals surface area contributed by atoms with Crippen molar-refractivity contribution in [2.75, 3.05) is 44.4 Å². The number of amides is 2. The molecule has 1 N–H and O–H groups in total. The van der Waals surface area contributed by atoms with Crippen molar-refractivity contribution in [2.24, 2.45) is 5.92 Å². The third-order valence-electron chi connectivity index (χ3n) is 7.00. The maximum Gasteiger partial charge on any atom is 0.265 e. The van der Waals surface area contributed by atoms with Crippen molar-refractivity contribution in [2.45, 2.75) is 37.6 Å².